The Kier molecular flexibility index (Phi) is 40.2. The number of nitrogens with zero attached hydrogens (tertiary/aromatic N) is 35. The first-order chi connectivity index (χ1) is 70.3. The number of benzene rings is 2. The molecule has 0 N–H and O–H groups in total. The third kappa shape index (κ3) is 27.6. The van der Waals surface area contributed by atoms with Crippen LogP contribution in [0.25, 0.3) is 0 Å². The van der Waals surface area contributed by atoms with Crippen molar-refractivity contribution in [1.82, 2.24) is 150 Å². The zero-order chi connectivity index (χ0) is 102. The number of hydrogen-bond donors (Lipinski definition) is 0. The molecule has 5 aliphatic heterocycles. The van der Waals surface area contributed by atoms with E-state index in [1.165, 1.54) is 26.9 Å². The third-order valence-corrected chi connectivity index (χ3v) is 30.7. The summed E-state index contributed by atoms with van der Waals surface area (Å²) < 4.78 is 23.7. The van der Waals surface area contributed by atoms with Crippen molar-refractivity contribution in [1.29, 1.82) is 0 Å². The van der Waals surface area contributed by atoms with Crippen LogP contribution in [0.5, 0.6) is 0 Å². The number of rotatable bonds is 31. The molecule has 19 rings (SSSR count). The van der Waals surface area contributed by atoms with Gasteiger partial charge >= 0.3 is 0 Å². The van der Waals surface area contributed by atoms with Gasteiger partial charge in [-0.2, -0.15) is 0 Å². The molecule has 14 aromatic rings. The topological polar surface area (TPSA) is 315 Å². The lowest BCUT2D eigenvalue weighted by Gasteiger charge is -2.40. The second kappa shape index (κ2) is 53.1. The van der Waals surface area contributed by atoms with E-state index in [-0.39, 0.29) is 41.6 Å². The zero-order valence-electron chi connectivity index (χ0n) is 82.5. The van der Waals surface area contributed by atoms with Crippen molar-refractivity contribution in [3.05, 3.63) is 257 Å². The van der Waals surface area contributed by atoms with Crippen molar-refractivity contribution in [2.75, 3.05) is 155 Å². The van der Waals surface area contributed by atoms with Gasteiger partial charge in [-0.15, -0.1) is 48.2 Å². The lowest BCUT2D eigenvalue weighted by molar-refractivity contribution is 0.186. The highest BCUT2D eigenvalue weighted by Gasteiger charge is 2.40. The van der Waals surface area contributed by atoms with E-state index in [0.29, 0.717) is 63.3 Å². The molecule has 2 aromatic carbocycles. The van der Waals surface area contributed by atoms with Crippen LogP contribution in [0.15, 0.2) is 146 Å². The molecule has 772 valence electrons. The number of aromatic nitrogens is 25. The van der Waals surface area contributed by atoms with E-state index in [1.54, 1.807) is 96.8 Å². The highest BCUT2D eigenvalue weighted by Crippen LogP contribution is 2.44. The number of piperazine rings is 5. The van der Waals surface area contributed by atoms with Gasteiger partial charge < -0.3 is 24.5 Å². The second-order valence-electron chi connectivity index (χ2n) is 36.7. The van der Waals surface area contributed by atoms with Crippen molar-refractivity contribution in [2.45, 2.75) is 176 Å². The van der Waals surface area contributed by atoms with Crippen LogP contribution in [-0.2, 0) is 31.7 Å². The van der Waals surface area contributed by atoms with Crippen molar-refractivity contribution in [2.24, 2.45) is 0 Å². The van der Waals surface area contributed by atoms with E-state index in [9.17, 15) is 4.39 Å². The number of hydrogen-bond acceptors (Lipinski definition) is 32. The molecule has 0 amide bonds. The molecule has 12 aromatic heterocycles. The molecule has 5 aliphatic rings. The normalized spacial score (nSPS) is 16.4. The van der Waals surface area contributed by atoms with E-state index in [1.807, 2.05) is 29.5 Å². The standard InChI is InChI=1S/C22H27Cl2N7.C21H24Cl2FN7.2C19H23Cl2N7S.C16H23Cl2N7/c1-3-4-8-31-22(26-27-28-31)20(17-7-5-6-16(2)13-17)29-9-11-30(12-10-29)21-18(23)14-25-15-19(21)24;1-2-3-7-31-21(26-27-28-31)19(15-5-4-6-16(24)12-15)29-8-10-30(11-9-29)20-17(22)13-25-14-18(20)23;1-19(2,3)28-18(23-24-25-28)17(15-5-4-10-29-15)27-8-6-26(7-9-27)16-13(20)11-22-12-14(16)21;1-2-3-6-28-19(23-24-25-28)18(16-5-4-11-29-16)27-9-7-26(8-10-27)17-14(20)12-22-13-15(17)21;1-3-4-5-25-16(20-21-22-25)12(2)23-6-8-24(9-7-23)15-13(17)10-19-11-14(15)18/h5-7,13-15,20H,3-4,8-12H2,1-2H3;4-6,12-14,19H,2-3,7-11H2,1H3;4-5,10-12,17H,6-9H2,1-3H3;4-5,11-13,18H,2-3,6-10H2,1H3;10-12H,3-9H2,1-2H3. The molecule has 5 atom stereocenters. The molecule has 48 heteroatoms. The Labute approximate surface area is 902 Å². The predicted molar refractivity (Wildman–Crippen MR) is 576 cm³/mol. The molecule has 145 heavy (non-hydrogen) atoms. The van der Waals surface area contributed by atoms with Crippen molar-refractivity contribution in [3.63, 3.8) is 0 Å². The van der Waals surface area contributed by atoms with Crippen LogP contribution < -0.4 is 24.5 Å². The Morgan fingerprint density at radius 3 is 0.883 bits per heavy atom. The molecule has 5 saturated heterocycles. The summed E-state index contributed by atoms with van der Waals surface area (Å²) in [5.41, 5.74) is 7.32. The minimum atomic E-state index is -0.274. The summed E-state index contributed by atoms with van der Waals surface area (Å²) in [6.45, 7) is 38.9. The van der Waals surface area contributed by atoms with Crippen molar-refractivity contribution in [3.8, 4) is 0 Å². The molecular weight excluding hydrogens is 2090 g/mol. The van der Waals surface area contributed by atoms with Gasteiger partial charge in [-0.3, -0.25) is 49.4 Å². The highest BCUT2D eigenvalue weighted by atomic mass is 35.5. The number of thiophene rings is 2. The van der Waals surface area contributed by atoms with Crippen molar-refractivity contribution < 1.29 is 4.39 Å². The first-order valence-corrected chi connectivity index (χ1v) is 54.5. The quantitative estimate of drug-likeness (QED) is 0.0390. The third-order valence-electron chi connectivity index (χ3n) is 26.1. The molecule has 5 fully saturated rings. The largest absolute Gasteiger partial charge is 0.366 e. The van der Waals surface area contributed by atoms with E-state index >= 15 is 0 Å². The summed E-state index contributed by atoms with van der Waals surface area (Å²) >= 11 is 67.0. The van der Waals surface area contributed by atoms with Crippen LogP contribution >= 0.6 is 139 Å². The van der Waals surface area contributed by atoms with E-state index in [2.05, 4.69) is 273 Å². The number of anilines is 5. The molecule has 5 unspecified atom stereocenters. The molecule has 0 saturated carbocycles. The van der Waals surface area contributed by atoms with Gasteiger partial charge in [-0.25, -0.2) is 27.8 Å². The van der Waals surface area contributed by atoms with Gasteiger partial charge in [-0.1, -0.05) is 223 Å². The van der Waals surface area contributed by atoms with Crippen LogP contribution in [0.4, 0.5) is 32.8 Å². The minimum absolute atomic E-state index is 0.00251. The smallest absolute Gasteiger partial charge is 0.174 e. The first-order valence-electron chi connectivity index (χ1n) is 48.9. The lowest BCUT2D eigenvalue weighted by atomic mass is 10.0. The molecule has 0 radical (unpaired) electrons. The number of pyridine rings is 5. The number of tetrazole rings is 5. The SMILES string of the molecule is CC(C)(C)n1nnnc1C(c1cccs1)N1CCN(c2c(Cl)cncc2Cl)CC1.CCCCn1nnnc1C(C)N1CCN(c2c(Cl)cncc2Cl)CC1.CCCCn1nnnc1C(c1cccc(C)c1)N1CCN(c2c(Cl)cncc2Cl)CC1.CCCCn1nnnc1C(c1cccc(F)c1)N1CCN(c2c(Cl)cncc2Cl)CC1.CCCCn1nnnc1C(c1cccs1)N1CCN(c2c(Cl)cncc2Cl)CC1. The van der Waals surface area contributed by atoms with Gasteiger partial charge in [-0.05, 0) is 159 Å². The Morgan fingerprint density at radius 1 is 0.317 bits per heavy atom. The number of unbranched alkanes of at least 4 members (excludes halogenated alkanes) is 4. The summed E-state index contributed by atoms with van der Waals surface area (Å²) in [4.78, 5) is 45.8. The minimum Gasteiger partial charge on any atom is -0.366 e. The Bertz CT molecular complexity index is 6100. The van der Waals surface area contributed by atoms with Crippen LogP contribution in [0, 0.1) is 12.7 Å². The second-order valence-corrected chi connectivity index (χ2v) is 42.8. The predicted octanol–water partition coefficient (Wildman–Crippen LogP) is 19.9. The average Bonchev–Trinajstić information content (AvgIpc) is 1.39. The zero-order valence-corrected chi connectivity index (χ0v) is 91.7. The van der Waals surface area contributed by atoms with Crippen LogP contribution in [0.3, 0.4) is 0 Å². The molecule has 35 nitrogen and oxygen atoms in total. The lowest BCUT2D eigenvalue weighted by Crippen LogP contribution is -2.48. The summed E-state index contributed by atoms with van der Waals surface area (Å²) in [5, 5.41) is 72.7. The fourth-order valence-electron chi connectivity index (χ4n) is 18.7. The summed E-state index contributed by atoms with van der Waals surface area (Å²) in [6, 6.07) is 23.7. The first kappa shape index (κ1) is 110. The van der Waals surface area contributed by atoms with Gasteiger partial charge in [0.2, 0.25) is 0 Å². The van der Waals surface area contributed by atoms with E-state index in [0.717, 1.165) is 258 Å². The maximum Gasteiger partial charge on any atom is 0.174 e. The fourth-order valence-corrected chi connectivity index (χ4v) is 23.4. The summed E-state index contributed by atoms with van der Waals surface area (Å²) in [6.07, 6.45) is 24.9. The van der Waals surface area contributed by atoms with Crippen LogP contribution in [0.2, 0.25) is 50.2 Å². The molecule has 0 spiro atoms. The maximum atomic E-state index is 14.1. The Balaban J connectivity index is 0.000000136. The summed E-state index contributed by atoms with van der Waals surface area (Å²) in [7, 11) is 0. The van der Waals surface area contributed by atoms with E-state index < -0.39 is 0 Å². The molecule has 0 aliphatic carbocycles. The molecule has 0 bridgehead atoms. The molecular formula is C97H120Cl10FN35S2. The van der Waals surface area contributed by atoms with Gasteiger partial charge in [0, 0.05) is 229 Å². The van der Waals surface area contributed by atoms with Gasteiger partial charge in [0.1, 0.15) is 17.9 Å². The van der Waals surface area contributed by atoms with Crippen LogP contribution in [-0.4, -0.2) is 281 Å². The van der Waals surface area contributed by atoms with Crippen LogP contribution in [0.1, 0.15) is 193 Å². The van der Waals surface area contributed by atoms with Gasteiger partial charge in [0.15, 0.2) is 29.1 Å². The number of aryl methyl sites for hydroxylation is 5. The van der Waals surface area contributed by atoms with E-state index in [4.69, 9.17) is 116 Å². The monoisotopic (exact) mass is 2210 g/mol. The average molecular weight is 2210 g/mol. The number of halogens is 11. The summed E-state index contributed by atoms with van der Waals surface area (Å²) in [5.74, 6) is 4.06. The van der Waals surface area contributed by atoms with Crippen molar-refractivity contribution >= 4 is 167 Å². The maximum absolute atomic E-state index is 14.1. The molecule has 17 heterocycles. The Morgan fingerprint density at radius 2 is 0.586 bits per heavy atom. The van der Waals surface area contributed by atoms with Gasteiger partial charge in [0.05, 0.1) is 102 Å². The fraction of sp³-hybridized carbons (Fsp3) is 0.485. The highest BCUT2D eigenvalue weighted by molar-refractivity contribution is 7.10. The van der Waals surface area contributed by atoms with Gasteiger partial charge in [0.25, 0.3) is 0 Å². The Hall–Kier alpha value is -9.43.